The van der Waals surface area contributed by atoms with Crippen LogP contribution in [0, 0.1) is 23.7 Å². The summed E-state index contributed by atoms with van der Waals surface area (Å²) in [4.78, 5) is 41.2. The van der Waals surface area contributed by atoms with Crippen LogP contribution in [0.15, 0.2) is 59.4 Å². The first kappa shape index (κ1) is 25.7. The molecule has 3 rings (SSSR count). The van der Waals surface area contributed by atoms with Gasteiger partial charge in [-0.2, -0.15) is 5.26 Å². The Morgan fingerprint density at radius 1 is 1.03 bits per heavy atom. The Labute approximate surface area is 205 Å². The van der Waals surface area contributed by atoms with Gasteiger partial charge in [0.2, 0.25) is 11.8 Å². The number of fused-ring (bicyclic) bond motifs is 1. The van der Waals surface area contributed by atoms with Crippen molar-refractivity contribution in [1.82, 2.24) is 15.6 Å². The fourth-order valence-corrected chi connectivity index (χ4v) is 3.93. The summed E-state index contributed by atoms with van der Waals surface area (Å²) in [5.74, 6) is -0.695. The van der Waals surface area contributed by atoms with Crippen LogP contribution < -0.4 is 16.2 Å². The number of aromatic nitrogens is 1. The first-order valence-electron chi connectivity index (χ1n) is 11.7. The summed E-state index contributed by atoms with van der Waals surface area (Å²) >= 11 is 0. The lowest BCUT2D eigenvalue weighted by Gasteiger charge is -2.23. The number of nitrogens with one attached hydrogen (secondary N) is 3. The lowest BCUT2D eigenvalue weighted by Crippen LogP contribution is -2.51. The summed E-state index contributed by atoms with van der Waals surface area (Å²) in [5, 5.41) is 16.1. The molecule has 3 aromatic rings. The number of benzene rings is 2. The second-order valence-corrected chi connectivity index (χ2v) is 10.2. The molecule has 0 aliphatic carbocycles. The predicted octanol–water partition coefficient (Wildman–Crippen LogP) is 3.55. The molecule has 3 N–H and O–H groups in total. The molecule has 0 saturated heterocycles. The van der Waals surface area contributed by atoms with Crippen LogP contribution in [0.4, 0.5) is 0 Å². The fourth-order valence-electron chi connectivity index (χ4n) is 3.93. The van der Waals surface area contributed by atoms with Gasteiger partial charge in [-0.05, 0) is 41.5 Å². The van der Waals surface area contributed by atoms with E-state index in [0.717, 1.165) is 16.5 Å². The second kappa shape index (κ2) is 11.0. The number of amides is 2. The molecule has 1 unspecified atom stereocenters. The molecule has 0 aliphatic rings. The van der Waals surface area contributed by atoms with E-state index in [1.54, 1.807) is 6.07 Å². The number of hydrogen-bond acceptors (Lipinski definition) is 4. The van der Waals surface area contributed by atoms with E-state index < -0.39 is 18.0 Å². The van der Waals surface area contributed by atoms with Gasteiger partial charge in [0, 0.05) is 30.3 Å². The molecule has 0 fully saturated rings. The van der Waals surface area contributed by atoms with Crippen LogP contribution in [-0.2, 0) is 22.4 Å². The van der Waals surface area contributed by atoms with Gasteiger partial charge in [-0.25, -0.2) is 0 Å². The molecule has 2 atom stereocenters. The minimum atomic E-state index is -0.927. The first-order chi connectivity index (χ1) is 16.5. The lowest BCUT2D eigenvalue weighted by atomic mass is 9.91. The maximum absolute atomic E-state index is 13.2. The zero-order valence-corrected chi connectivity index (χ0v) is 20.6. The van der Waals surface area contributed by atoms with E-state index in [0.29, 0.717) is 11.1 Å². The number of carbonyl (C=O) groups excluding carboxylic acids is 2. The maximum atomic E-state index is 13.2. The van der Waals surface area contributed by atoms with Crippen molar-refractivity contribution in [3.05, 3.63) is 81.6 Å². The predicted molar refractivity (Wildman–Crippen MR) is 137 cm³/mol. The molecule has 7 heteroatoms. The first-order valence-corrected chi connectivity index (χ1v) is 11.7. The van der Waals surface area contributed by atoms with Crippen molar-refractivity contribution in [2.45, 2.75) is 59.0 Å². The van der Waals surface area contributed by atoms with E-state index in [4.69, 9.17) is 0 Å². The van der Waals surface area contributed by atoms with E-state index in [1.807, 2.05) is 76.2 Å². The Morgan fingerprint density at radius 3 is 2.40 bits per heavy atom. The van der Waals surface area contributed by atoms with Gasteiger partial charge < -0.3 is 15.6 Å². The quantitative estimate of drug-likeness (QED) is 0.465. The molecule has 0 spiro atoms. The molecular weight excluding hydrogens is 440 g/mol. The summed E-state index contributed by atoms with van der Waals surface area (Å²) in [6, 6.07) is 17.2. The summed E-state index contributed by atoms with van der Waals surface area (Å²) in [6.07, 6.45) is 0.602. The average molecular weight is 473 g/mol. The van der Waals surface area contributed by atoms with Crippen molar-refractivity contribution in [2.75, 3.05) is 0 Å². The summed E-state index contributed by atoms with van der Waals surface area (Å²) < 4.78 is 0. The minimum Gasteiger partial charge on any atom is -0.344 e. The number of nitrogens with zero attached hydrogens (tertiary/aromatic N) is 1. The number of aryl methyl sites for hydroxylation is 1. The number of hydrogen-bond donors (Lipinski definition) is 3. The number of rotatable bonds is 8. The zero-order valence-electron chi connectivity index (χ0n) is 20.6. The summed E-state index contributed by atoms with van der Waals surface area (Å²) in [5.41, 5.74) is 2.53. The third-order valence-corrected chi connectivity index (χ3v) is 5.60. The van der Waals surface area contributed by atoms with E-state index in [2.05, 4.69) is 21.7 Å². The van der Waals surface area contributed by atoms with Gasteiger partial charge in [-0.1, -0.05) is 62.7 Å². The van der Waals surface area contributed by atoms with Crippen LogP contribution in [0.1, 0.15) is 43.9 Å². The Morgan fingerprint density at radius 2 is 1.74 bits per heavy atom. The molecule has 0 radical (unpaired) electrons. The fraction of sp³-hybridized carbons (Fsp3) is 0.357. The molecular formula is C28H32N4O3. The molecule has 2 aromatic carbocycles. The lowest BCUT2D eigenvalue weighted by molar-refractivity contribution is -0.130. The van der Waals surface area contributed by atoms with Crippen LogP contribution >= 0.6 is 0 Å². The van der Waals surface area contributed by atoms with Crippen LogP contribution in [-0.4, -0.2) is 28.9 Å². The number of nitriles is 1. The molecule has 1 aromatic heterocycles. The van der Waals surface area contributed by atoms with Crippen molar-refractivity contribution >= 4 is 22.7 Å². The van der Waals surface area contributed by atoms with Gasteiger partial charge in [0.1, 0.15) is 12.1 Å². The second-order valence-electron chi connectivity index (χ2n) is 10.2. The Balaban J connectivity index is 1.78. The van der Waals surface area contributed by atoms with Crippen molar-refractivity contribution in [2.24, 2.45) is 5.41 Å². The molecule has 1 heterocycles. The molecule has 0 aliphatic heterocycles. The van der Waals surface area contributed by atoms with Crippen LogP contribution in [0.25, 0.3) is 10.9 Å². The molecule has 0 saturated carbocycles. The van der Waals surface area contributed by atoms with E-state index in [-0.39, 0.29) is 36.1 Å². The zero-order chi connectivity index (χ0) is 25.6. The molecule has 35 heavy (non-hydrogen) atoms. The molecule has 182 valence electrons. The smallest absolute Gasteiger partial charge is 0.251 e. The Bertz CT molecular complexity index is 1300. The van der Waals surface area contributed by atoms with E-state index in [9.17, 15) is 19.6 Å². The van der Waals surface area contributed by atoms with Crippen LogP contribution in [0.5, 0.6) is 0 Å². The number of aromatic amines is 1. The molecule has 7 nitrogen and oxygen atoms in total. The van der Waals surface area contributed by atoms with E-state index >= 15 is 0 Å². The van der Waals surface area contributed by atoms with Gasteiger partial charge >= 0.3 is 0 Å². The third-order valence-electron chi connectivity index (χ3n) is 5.60. The van der Waals surface area contributed by atoms with Crippen molar-refractivity contribution in [1.29, 1.82) is 5.26 Å². The highest BCUT2D eigenvalue weighted by atomic mass is 16.2. The molecule has 2 amide bonds. The SMILES string of the molecule is Cc1ccc2[nH]c(=O)c(CC(C#N)NC(=O)[C@H](Cc3ccccc3)NC(=O)CC(C)(C)C)cc2c1. The van der Waals surface area contributed by atoms with Crippen molar-refractivity contribution in [3.8, 4) is 6.07 Å². The van der Waals surface area contributed by atoms with Gasteiger partial charge in [0.15, 0.2) is 0 Å². The number of carbonyl (C=O) groups is 2. The topological polar surface area (TPSA) is 115 Å². The van der Waals surface area contributed by atoms with Crippen LogP contribution in [0.2, 0.25) is 0 Å². The van der Waals surface area contributed by atoms with E-state index in [1.165, 1.54) is 0 Å². The Kier molecular flexibility index (Phi) is 8.08. The van der Waals surface area contributed by atoms with Gasteiger partial charge in [-0.3, -0.25) is 14.4 Å². The van der Waals surface area contributed by atoms with Gasteiger partial charge in [0.25, 0.3) is 5.56 Å². The standard InChI is InChI=1S/C28H32N4O3/c1-18-10-11-23-20(12-18)14-21(26(34)32-23)15-22(17-29)30-27(35)24(13-19-8-6-5-7-9-19)31-25(33)16-28(2,3)4/h5-12,14,22,24H,13,15-16H2,1-4H3,(H,30,35)(H,31,33)(H,32,34)/t22?,24-/m0/s1. The van der Waals surface area contributed by atoms with Crippen molar-refractivity contribution in [3.63, 3.8) is 0 Å². The maximum Gasteiger partial charge on any atom is 0.251 e. The highest BCUT2D eigenvalue weighted by Crippen LogP contribution is 2.18. The largest absolute Gasteiger partial charge is 0.344 e. The number of pyridine rings is 1. The molecule has 0 bridgehead atoms. The summed E-state index contributed by atoms with van der Waals surface area (Å²) in [6.45, 7) is 7.82. The van der Waals surface area contributed by atoms with Gasteiger partial charge in [-0.15, -0.1) is 0 Å². The average Bonchev–Trinajstić information content (AvgIpc) is 2.78. The normalized spacial score (nSPS) is 13.0. The number of H-pyrrole nitrogens is 1. The van der Waals surface area contributed by atoms with Gasteiger partial charge in [0.05, 0.1) is 6.07 Å². The summed E-state index contributed by atoms with van der Waals surface area (Å²) in [7, 11) is 0. The van der Waals surface area contributed by atoms with Crippen molar-refractivity contribution < 1.29 is 9.59 Å². The Hall–Kier alpha value is -3.92. The third kappa shape index (κ3) is 7.54. The van der Waals surface area contributed by atoms with Crippen LogP contribution in [0.3, 0.4) is 0 Å². The highest BCUT2D eigenvalue weighted by Gasteiger charge is 2.26. The minimum absolute atomic E-state index is 0.0510. The monoisotopic (exact) mass is 472 g/mol. The highest BCUT2D eigenvalue weighted by molar-refractivity contribution is 5.88.